The lowest BCUT2D eigenvalue weighted by Crippen LogP contribution is -2.59. The van der Waals surface area contributed by atoms with Crippen LogP contribution in [0.3, 0.4) is 0 Å². The van der Waals surface area contributed by atoms with E-state index in [9.17, 15) is 27.9 Å². The van der Waals surface area contributed by atoms with Gasteiger partial charge in [-0.05, 0) is 43.2 Å². The minimum absolute atomic E-state index is 0.0732. The van der Waals surface area contributed by atoms with Crippen LogP contribution in [0.4, 0.5) is 0 Å². The molecular formula is C26H45N3O10SSi2. The van der Waals surface area contributed by atoms with Crippen LogP contribution in [0.2, 0.25) is 36.3 Å². The van der Waals surface area contributed by atoms with Crippen LogP contribution in [0, 0.1) is 6.92 Å². The van der Waals surface area contributed by atoms with Crippen molar-refractivity contribution in [2.75, 3.05) is 6.61 Å². The average molecular weight is 648 g/mol. The third-order valence-electron chi connectivity index (χ3n) is 9.00. The van der Waals surface area contributed by atoms with E-state index >= 15 is 0 Å². The summed E-state index contributed by atoms with van der Waals surface area (Å²) in [5, 5.41) is 9.65. The Labute approximate surface area is 249 Å². The number of aryl methyl sites for hydroxylation is 1. The molecule has 0 bridgehead atoms. The normalized spacial score (nSPS) is 26.5. The molecule has 3 N–H and O–H groups in total. The van der Waals surface area contributed by atoms with Gasteiger partial charge >= 0.3 is 11.7 Å². The number of nitrogens with two attached hydrogens (primary N) is 1. The summed E-state index contributed by atoms with van der Waals surface area (Å²) in [6.07, 6.45) is -2.52. The van der Waals surface area contributed by atoms with Gasteiger partial charge in [-0.25, -0.2) is 13.5 Å². The number of aromatic nitrogens is 2. The molecule has 3 heterocycles. The van der Waals surface area contributed by atoms with Crippen molar-refractivity contribution >= 4 is 32.7 Å². The van der Waals surface area contributed by atoms with Crippen molar-refractivity contribution in [1.82, 2.24) is 9.13 Å². The molecule has 1 aromatic rings. The van der Waals surface area contributed by atoms with Crippen LogP contribution in [0.1, 0.15) is 53.3 Å². The molecule has 0 aliphatic carbocycles. The number of nitrogens with zero attached hydrogens (tertiary/aromatic N) is 2. The standard InChI is InChI=1S/C26H45N3O10SSi2/c1-16-12-29(23(33)28(21(16)32)13-19(30)31)22-20(38-42(10,11)25(5,6)7)26(17(27)15-40(34,35)39-26)18(37-22)14-36-41(8,9)24(2,3)4/h12,15,18,20,22H,13-14,27H2,1-11H3,(H,30,31)/t18-,20+,22-,26?/m1/s1. The van der Waals surface area contributed by atoms with Crippen molar-refractivity contribution in [3.05, 3.63) is 43.7 Å². The number of aliphatic carboxylic acids is 1. The second-order valence-corrected chi connectivity index (χ2v) is 25.1. The van der Waals surface area contributed by atoms with Gasteiger partial charge in [-0.1, -0.05) is 41.5 Å². The summed E-state index contributed by atoms with van der Waals surface area (Å²) in [4.78, 5) is 37.9. The first-order valence-corrected chi connectivity index (χ1v) is 21.0. The number of hydrogen-bond donors (Lipinski definition) is 2. The SMILES string of the molecule is Cc1cn([C@@H]2O[C@H](CO[Si](C)(C)C(C)(C)C)C3(OS(=O)(=O)C=C3N)[C@H]2O[Si](C)(C)C(C)(C)C)c(=O)n(CC(=O)O)c1=O. The quantitative estimate of drug-likeness (QED) is 0.313. The monoisotopic (exact) mass is 647 g/mol. The number of rotatable bonds is 8. The molecule has 42 heavy (non-hydrogen) atoms. The predicted octanol–water partition coefficient (Wildman–Crippen LogP) is 2.61. The minimum Gasteiger partial charge on any atom is -0.480 e. The molecule has 0 aromatic carbocycles. The summed E-state index contributed by atoms with van der Waals surface area (Å²) < 4.78 is 52.9. The van der Waals surface area contributed by atoms with Crippen LogP contribution >= 0.6 is 0 Å². The van der Waals surface area contributed by atoms with Crippen molar-refractivity contribution in [3.63, 3.8) is 0 Å². The number of ether oxygens (including phenoxy) is 1. The van der Waals surface area contributed by atoms with Crippen LogP contribution < -0.4 is 17.0 Å². The Morgan fingerprint density at radius 3 is 2.10 bits per heavy atom. The Bertz CT molecular complexity index is 1500. The van der Waals surface area contributed by atoms with Gasteiger partial charge in [-0.3, -0.25) is 14.2 Å². The minimum atomic E-state index is -4.28. The van der Waals surface area contributed by atoms with Crippen molar-refractivity contribution in [2.45, 2.75) is 115 Å². The molecule has 3 rings (SSSR count). The lowest BCUT2D eigenvalue weighted by molar-refractivity contribution is -0.137. The van der Waals surface area contributed by atoms with E-state index in [0.717, 1.165) is 9.98 Å². The molecule has 238 valence electrons. The van der Waals surface area contributed by atoms with Gasteiger partial charge in [0.05, 0.1) is 17.7 Å². The van der Waals surface area contributed by atoms with Crippen molar-refractivity contribution in [1.29, 1.82) is 0 Å². The van der Waals surface area contributed by atoms with Gasteiger partial charge in [0.2, 0.25) is 0 Å². The molecule has 16 heteroatoms. The Morgan fingerprint density at radius 2 is 1.64 bits per heavy atom. The molecule has 1 aromatic heterocycles. The molecule has 2 aliphatic heterocycles. The zero-order valence-electron chi connectivity index (χ0n) is 26.3. The summed E-state index contributed by atoms with van der Waals surface area (Å²) in [6.45, 7) is 20.5. The fraction of sp³-hybridized carbons (Fsp3) is 0.731. The Kier molecular flexibility index (Phi) is 8.86. The zero-order chi connectivity index (χ0) is 32.4. The average Bonchev–Trinajstić information content (AvgIpc) is 3.22. The third kappa shape index (κ3) is 6.12. The molecule has 1 unspecified atom stereocenters. The van der Waals surface area contributed by atoms with Gasteiger partial charge in [-0.15, -0.1) is 0 Å². The summed E-state index contributed by atoms with van der Waals surface area (Å²) in [5.41, 5.74) is 2.73. The van der Waals surface area contributed by atoms with E-state index in [0.29, 0.717) is 4.57 Å². The summed E-state index contributed by atoms with van der Waals surface area (Å²) in [7, 11) is -9.45. The predicted molar refractivity (Wildman–Crippen MR) is 161 cm³/mol. The Hall–Kier alpha value is -2.09. The van der Waals surface area contributed by atoms with Crippen LogP contribution in [0.15, 0.2) is 26.9 Å². The highest BCUT2D eigenvalue weighted by Gasteiger charge is 2.67. The van der Waals surface area contributed by atoms with E-state index in [2.05, 4.69) is 20.8 Å². The van der Waals surface area contributed by atoms with E-state index in [1.54, 1.807) is 0 Å². The summed E-state index contributed by atoms with van der Waals surface area (Å²) in [5.74, 6) is -1.39. The van der Waals surface area contributed by atoms with E-state index in [-0.39, 0.29) is 27.9 Å². The molecule has 0 saturated carbocycles. The van der Waals surface area contributed by atoms with Crippen LogP contribution in [-0.2, 0) is 39.2 Å². The van der Waals surface area contributed by atoms with Gasteiger partial charge in [0.1, 0.15) is 18.8 Å². The highest BCUT2D eigenvalue weighted by atomic mass is 32.2. The fourth-order valence-corrected chi connectivity index (χ4v) is 7.94. The van der Waals surface area contributed by atoms with Crippen molar-refractivity contribution in [2.24, 2.45) is 5.73 Å². The van der Waals surface area contributed by atoms with E-state index in [1.807, 2.05) is 47.0 Å². The Balaban J connectivity index is 2.31. The lowest BCUT2D eigenvalue weighted by atomic mass is 9.89. The van der Waals surface area contributed by atoms with Gasteiger partial charge in [-0.2, -0.15) is 8.42 Å². The molecule has 1 saturated heterocycles. The maximum atomic E-state index is 13.6. The molecule has 2 aliphatic rings. The third-order valence-corrected chi connectivity index (χ3v) is 19.0. The number of carboxylic acid groups (broad SMARTS) is 1. The van der Waals surface area contributed by atoms with E-state index in [1.165, 1.54) is 13.1 Å². The maximum Gasteiger partial charge on any atom is 0.333 e. The van der Waals surface area contributed by atoms with Gasteiger partial charge < -0.3 is 24.4 Å². The topological polar surface area (TPSA) is 178 Å². The smallest absolute Gasteiger partial charge is 0.333 e. The molecule has 13 nitrogen and oxygen atoms in total. The molecule has 4 atom stereocenters. The number of carbonyl (C=O) groups is 1. The first-order chi connectivity index (χ1) is 18.8. The van der Waals surface area contributed by atoms with Crippen molar-refractivity contribution in [3.8, 4) is 0 Å². The largest absolute Gasteiger partial charge is 0.480 e. The highest BCUT2D eigenvalue weighted by molar-refractivity contribution is 7.90. The highest BCUT2D eigenvalue weighted by Crippen LogP contribution is 2.52. The molecule has 0 radical (unpaired) electrons. The zero-order valence-corrected chi connectivity index (χ0v) is 29.1. The van der Waals surface area contributed by atoms with Crippen LogP contribution in [0.25, 0.3) is 0 Å². The molecule has 1 fully saturated rings. The molecular weight excluding hydrogens is 603 g/mol. The molecule has 0 amide bonds. The fourth-order valence-electron chi connectivity index (χ4n) is 4.43. The van der Waals surface area contributed by atoms with Crippen molar-refractivity contribution < 1.29 is 36.1 Å². The molecule has 1 spiro atoms. The lowest BCUT2D eigenvalue weighted by Gasteiger charge is -2.43. The Morgan fingerprint density at radius 1 is 1.10 bits per heavy atom. The van der Waals surface area contributed by atoms with Gasteiger partial charge in [0.15, 0.2) is 28.5 Å². The van der Waals surface area contributed by atoms with Crippen LogP contribution in [-0.4, -0.2) is 69.7 Å². The van der Waals surface area contributed by atoms with Gasteiger partial charge in [0, 0.05) is 11.8 Å². The van der Waals surface area contributed by atoms with E-state index < -0.39 is 74.6 Å². The second-order valence-electron chi connectivity index (χ2n) is 14.1. The number of carboxylic acids is 1. The summed E-state index contributed by atoms with van der Waals surface area (Å²) in [6, 6.07) is 0. The van der Waals surface area contributed by atoms with Crippen LogP contribution in [0.5, 0.6) is 0 Å². The first kappa shape index (κ1) is 34.4. The van der Waals surface area contributed by atoms with E-state index in [4.69, 9.17) is 23.5 Å². The second kappa shape index (κ2) is 10.8. The maximum absolute atomic E-state index is 13.6. The number of hydrogen-bond acceptors (Lipinski definition) is 10. The summed E-state index contributed by atoms with van der Waals surface area (Å²) >= 11 is 0. The van der Waals surface area contributed by atoms with Gasteiger partial charge in [0.25, 0.3) is 15.7 Å². The first-order valence-electron chi connectivity index (χ1n) is 13.7.